The van der Waals surface area contributed by atoms with E-state index in [1.165, 1.54) is 4.88 Å². The van der Waals surface area contributed by atoms with Crippen molar-refractivity contribution < 1.29 is 0 Å². The number of nitrogens with one attached hydrogen (secondary N) is 1. The van der Waals surface area contributed by atoms with Gasteiger partial charge in [0.15, 0.2) is 0 Å². The fourth-order valence-corrected chi connectivity index (χ4v) is 3.32. The van der Waals surface area contributed by atoms with Crippen molar-refractivity contribution in [2.24, 2.45) is 5.73 Å². The number of anilines is 1. The first-order valence-corrected chi connectivity index (χ1v) is 7.98. The average molecular weight is 376 g/mol. The SMILES string of the molecule is CC(Nc1cc(Br)ccc1C(N)=S)c1ccc(Cl)s1. The number of hydrogen-bond acceptors (Lipinski definition) is 3. The highest BCUT2D eigenvalue weighted by molar-refractivity contribution is 9.10. The largest absolute Gasteiger partial charge is 0.389 e. The zero-order valence-electron chi connectivity index (χ0n) is 10.1. The maximum Gasteiger partial charge on any atom is 0.106 e. The highest BCUT2D eigenvalue weighted by atomic mass is 79.9. The molecule has 0 aliphatic carbocycles. The van der Waals surface area contributed by atoms with Gasteiger partial charge in [0.2, 0.25) is 0 Å². The lowest BCUT2D eigenvalue weighted by atomic mass is 10.1. The molecule has 1 heterocycles. The Labute approximate surface area is 135 Å². The molecule has 1 aromatic carbocycles. The third kappa shape index (κ3) is 3.69. The van der Waals surface area contributed by atoms with E-state index in [-0.39, 0.29) is 6.04 Å². The number of nitrogens with two attached hydrogens (primary N) is 1. The monoisotopic (exact) mass is 374 g/mol. The van der Waals surface area contributed by atoms with E-state index in [1.807, 2.05) is 30.3 Å². The van der Waals surface area contributed by atoms with Gasteiger partial charge >= 0.3 is 0 Å². The Morgan fingerprint density at radius 3 is 2.74 bits per heavy atom. The summed E-state index contributed by atoms with van der Waals surface area (Å²) in [6.45, 7) is 2.08. The van der Waals surface area contributed by atoms with E-state index in [9.17, 15) is 0 Å². The molecule has 0 fully saturated rings. The highest BCUT2D eigenvalue weighted by Gasteiger charge is 2.12. The second-order valence-electron chi connectivity index (χ2n) is 4.06. The fraction of sp³-hybridized carbons (Fsp3) is 0.154. The van der Waals surface area contributed by atoms with Gasteiger partial charge in [0.05, 0.1) is 10.4 Å². The van der Waals surface area contributed by atoms with E-state index in [0.717, 1.165) is 20.1 Å². The molecule has 0 saturated carbocycles. The normalized spacial score (nSPS) is 12.2. The van der Waals surface area contributed by atoms with E-state index in [4.69, 9.17) is 29.6 Å². The molecule has 1 atom stereocenters. The van der Waals surface area contributed by atoms with Gasteiger partial charge in [-0.25, -0.2) is 0 Å². The van der Waals surface area contributed by atoms with Crippen LogP contribution in [0.15, 0.2) is 34.8 Å². The van der Waals surface area contributed by atoms with Gasteiger partial charge < -0.3 is 11.1 Å². The molecule has 0 aliphatic rings. The van der Waals surface area contributed by atoms with Crippen LogP contribution in [0.2, 0.25) is 4.34 Å². The van der Waals surface area contributed by atoms with E-state index < -0.39 is 0 Å². The molecule has 0 saturated heterocycles. The molecule has 100 valence electrons. The minimum Gasteiger partial charge on any atom is -0.389 e. The molecule has 6 heteroatoms. The zero-order valence-corrected chi connectivity index (χ0v) is 14.1. The molecule has 2 rings (SSSR count). The molecule has 0 bridgehead atoms. The smallest absolute Gasteiger partial charge is 0.106 e. The topological polar surface area (TPSA) is 38.0 Å². The maximum atomic E-state index is 5.96. The summed E-state index contributed by atoms with van der Waals surface area (Å²) >= 11 is 16.0. The number of rotatable bonds is 4. The molecular weight excluding hydrogens is 364 g/mol. The van der Waals surface area contributed by atoms with Crippen molar-refractivity contribution in [3.05, 3.63) is 49.6 Å². The Hall–Kier alpha value is -0.620. The fourth-order valence-electron chi connectivity index (χ4n) is 1.72. The van der Waals surface area contributed by atoms with Crippen LogP contribution in [0.25, 0.3) is 0 Å². The van der Waals surface area contributed by atoms with E-state index in [2.05, 4.69) is 28.2 Å². The van der Waals surface area contributed by atoms with Crippen LogP contribution < -0.4 is 11.1 Å². The molecule has 0 amide bonds. The molecule has 3 N–H and O–H groups in total. The van der Waals surface area contributed by atoms with Crippen molar-refractivity contribution in [3.63, 3.8) is 0 Å². The van der Waals surface area contributed by atoms with E-state index in [1.54, 1.807) is 11.3 Å². The van der Waals surface area contributed by atoms with E-state index in [0.29, 0.717) is 4.99 Å². The summed E-state index contributed by atoms with van der Waals surface area (Å²) in [7, 11) is 0. The first-order chi connectivity index (χ1) is 8.97. The molecular formula is C13H12BrClN2S2. The Balaban J connectivity index is 2.27. The van der Waals surface area contributed by atoms with Gasteiger partial charge in [0.25, 0.3) is 0 Å². The molecule has 19 heavy (non-hydrogen) atoms. The lowest BCUT2D eigenvalue weighted by molar-refractivity contribution is 0.907. The molecule has 2 nitrogen and oxygen atoms in total. The Kier molecular flexibility index (Phi) is 4.84. The summed E-state index contributed by atoms with van der Waals surface area (Å²) in [6.07, 6.45) is 0. The van der Waals surface area contributed by atoms with Gasteiger partial charge in [-0.1, -0.05) is 39.7 Å². The van der Waals surface area contributed by atoms with Crippen LogP contribution >= 0.6 is 51.1 Å². The van der Waals surface area contributed by atoms with Gasteiger partial charge in [-0.05, 0) is 37.3 Å². The molecule has 1 aromatic heterocycles. The quantitative estimate of drug-likeness (QED) is 0.741. The van der Waals surface area contributed by atoms with Crippen molar-refractivity contribution in [1.29, 1.82) is 0 Å². The molecule has 0 radical (unpaired) electrons. The minimum absolute atomic E-state index is 0.139. The van der Waals surface area contributed by atoms with Gasteiger partial charge in [0.1, 0.15) is 4.99 Å². The van der Waals surface area contributed by atoms with E-state index >= 15 is 0 Å². The summed E-state index contributed by atoms with van der Waals surface area (Å²) < 4.78 is 1.76. The van der Waals surface area contributed by atoms with Gasteiger partial charge in [-0.15, -0.1) is 11.3 Å². The lowest BCUT2D eigenvalue weighted by Crippen LogP contribution is -2.14. The minimum atomic E-state index is 0.139. The standard InChI is InChI=1S/C13H12BrClN2S2/c1-7(11-4-5-12(15)19-11)17-10-6-8(14)2-3-9(10)13(16)18/h2-7,17H,1H3,(H2,16,18). The van der Waals surface area contributed by atoms with Gasteiger partial charge in [-0.2, -0.15) is 0 Å². The maximum absolute atomic E-state index is 5.96. The van der Waals surface area contributed by atoms with Crippen LogP contribution in [0.3, 0.4) is 0 Å². The number of benzene rings is 1. The van der Waals surface area contributed by atoms with Crippen LogP contribution in [0.1, 0.15) is 23.4 Å². The Bertz CT molecular complexity index is 612. The van der Waals surface area contributed by atoms with Crippen molar-refractivity contribution in [2.75, 3.05) is 5.32 Å². The average Bonchev–Trinajstić information content (AvgIpc) is 2.75. The summed E-state index contributed by atoms with van der Waals surface area (Å²) in [5.74, 6) is 0. The van der Waals surface area contributed by atoms with Crippen LogP contribution in [0.5, 0.6) is 0 Å². The summed E-state index contributed by atoms with van der Waals surface area (Å²) in [5, 5.41) is 3.42. The Morgan fingerprint density at radius 1 is 1.42 bits per heavy atom. The predicted molar refractivity (Wildman–Crippen MR) is 91.4 cm³/mol. The number of thiophene rings is 1. The van der Waals surface area contributed by atoms with Crippen LogP contribution in [0.4, 0.5) is 5.69 Å². The highest BCUT2D eigenvalue weighted by Crippen LogP contribution is 2.31. The summed E-state index contributed by atoms with van der Waals surface area (Å²) in [4.78, 5) is 1.55. The first-order valence-electron chi connectivity index (χ1n) is 5.58. The number of thiocarbonyl (C=S) groups is 1. The van der Waals surface area contributed by atoms with Crippen molar-refractivity contribution in [2.45, 2.75) is 13.0 Å². The lowest BCUT2D eigenvalue weighted by Gasteiger charge is -2.17. The predicted octanol–water partition coefficient (Wildman–Crippen LogP) is 4.97. The van der Waals surface area contributed by atoms with Crippen molar-refractivity contribution in [3.8, 4) is 0 Å². The number of halogens is 2. The molecule has 1 unspecified atom stereocenters. The van der Waals surface area contributed by atoms with Gasteiger partial charge in [-0.3, -0.25) is 0 Å². The zero-order chi connectivity index (χ0) is 14.0. The summed E-state index contributed by atoms with van der Waals surface area (Å²) in [6, 6.07) is 9.85. The van der Waals surface area contributed by atoms with Crippen LogP contribution in [0, 0.1) is 0 Å². The van der Waals surface area contributed by atoms with Gasteiger partial charge in [0, 0.05) is 20.6 Å². The van der Waals surface area contributed by atoms with Crippen molar-refractivity contribution >= 4 is 61.8 Å². The first kappa shape index (κ1) is 14.8. The van der Waals surface area contributed by atoms with Crippen LogP contribution in [-0.4, -0.2) is 4.99 Å². The van der Waals surface area contributed by atoms with Crippen LogP contribution in [-0.2, 0) is 0 Å². The third-order valence-corrected chi connectivity index (χ3v) is 4.77. The number of hydrogen-bond donors (Lipinski definition) is 2. The molecule has 0 spiro atoms. The second-order valence-corrected chi connectivity index (χ2v) is 7.16. The molecule has 0 aliphatic heterocycles. The summed E-state index contributed by atoms with van der Waals surface area (Å²) in [5.41, 5.74) is 7.50. The molecule has 2 aromatic rings. The third-order valence-electron chi connectivity index (χ3n) is 2.64. The Morgan fingerprint density at radius 2 is 2.16 bits per heavy atom. The van der Waals surface area contributed by atoms with Crippen molar-refractivity contribution in [1.82, 2.24) is 0 Å². The second kappa shape index (κ2) is 6.22.